The molecule has 0 saturated heterocycles. The van der Waals surface area contributed by atoms with Crippen LogP contribution in [0.25, 0.3) is 162 Å². The second kappa shape index (κ2) is 39.8. The number of carbonyl (C=O) groups excluding carboxylic acids is 1. The minimum absolute atomic E-state index is 0. The van der Waals surface area contributed by atoms with Gasteiger partial charge in [-0.25, -0.2) is 26.3 Å². The summed E-state index contributed by atoms with van der Waals surface area (Å²) < 4.78 is 102. The molecule has 0 unspecified atom stereocenters. The molecule has 0 radical (unpaired) electrons. The SMILES string of the molecule is C.C.CN=P.Fc1cc(F)c(-c2nnc(-c3ccccc3)n2-c2ccccc2)c(F)c1.Fc1cc(F)c(-c2nnc(-c3ccccc3)o2)c(F)c1.O=CO[O-].[Cs+].[Cs+].[H-].c1ccc(-c2nnc(-c3c(-n4c5ccccc5c5ccccc54)cc(-n4c5ccccc5c5ccccc54)cc3-n3c4ccccc4c4ccccc43)n2-c2ccccc2)cc1. The number of para-hydroxylation sites is 8. The first-order chi connectivity index (χ1) is 56.4. The molecule has 0 aliphatic carbocycles. The number of benzene rings is 14. The molecule has 0 amide bonds. The van der Waals surface area contributed by atoms with Crippen LogP contribution in [-0.4, -0.2) is 66.9 Å². The zero-order valence-electron chi connectivity index (χ0n) is 63.6. The van der Waals surface area contributed by atoms with Crippen LogP contribution in [0.15, 0.2) is 343 Å². The zero-order chi connectivity index (χ0) is 79.1. The Morgan fingerprint density at radius 1 is 0.336 bits per heavy atom. The van der Waals surface area contributed by atoms with Crippen LogP contribution in [0.1, 0.15) is 16.3 Å². The molecule has 0 aliphatic heterocycles. The third-order valence-corrected chi connectivity index (χ3v) is 19.1. The van der Waals surface area contributed by atoms with E-state index in [1.807, 2.05) is 42.5 Å². The Hall–Kier alpha value is -10.9. The van der Waals surface area contributed by atoms with Gasteiger partial charge in [-0.3, -0.25) is 18.7 Å². The Labute approximate surface area is 800 Å². The van der Waals surface area contributed by atoms with E-state index >= 15 is 0 Å². The maximum atomic E-state index is 14.3. The molecule has 0 aliphatic rings. The van der Waals surface area contributed by atoms with Crippen molar-refractivity contribution in [2.45, 2.75) is 14.9 Å². The normalized spacial score (nSPS) is 10.7. The van der Waals surface area contributed by atoms with Gasteiger partial charge in [0.25, 0.3) is 12.4 Å². The van der Waals surface area contributed by atoms with E-state index in [1.165, 1.54) is 32.3 Å². The molecule has 0 fully saturated rings. The van der Waals surface area contributed by atoms with Crippen LogP contribution in [-0.2, 0) is 9.68 Å². The summed E-state index contributed by atoms with van der Waals surface area (Å²) in [6.45, 7) is -0.181. The number of carbonyl (C=O) groups is 1. The first kappa shape index (κ1) is 87.4. The van der Waals surface area contributed by atoms with E-state index in [9.17, 15) is 26.3 Å². The van der Waals surface area contributed by atoms with Gasteiger partial charge in [0.1, 0.15) is 40.5 Å². The van der Waals surface area contributed by atoms with Crippen LogP contribution in [0.3, 0.4) is 0 Å². The fraction of sp³-hybridized carbons (Fsp3) is 0.0319. The second-order valence-corrected chi connectivity index (χ2v) is 26.4. The van der Waals surface area contributed by atoms with Gasteiger partial charge in [0.15, 0.2) is 23.3 Å². The monoisotopic (exact) mass is 1840 g/mol. The van der Waals surface area contributed by atoms with Crippen LogP contribution in [0.4, 0.5) is 26.3 Å². The van der Waals surface area contributed by atoms with Crippen molar-refractivity contribution < 1.29 is 185 Å². The number of rotatable bonds is 12. The average Bonchev–Trinajstić information content (AvgIpc) is 1.52. The molecule has 0 saturated carbocycles. The third kappa shape index (κ3) is 17.6. The molecule has 0 bridgehead atoms. The Kier molecular flexibility index (Phi) is 29.2. The van der Waals surface area contributed by atoms with Crippen molar-refractivity contribution in [2.24, 2.45) is 4.74 Å². The summed E-state index contributed by atoms with van der Waals surface area (Å²) >= 11 is 0. The molecular weight excluding hydrogens is 1770 g/mol. The molecule has 0 N–H and O–H groups in total. The molecule has 0 atom stereocenters. The summed E-state index contributed by atoms with van der Waals surface area (Å²) in [5, 5.41) is 41.4. The van der Waals surface area contributed by atoms with E-state index in [0.717, 1.165) is 84.2 Å². The molecule has 20 rings (SSSR count). The molecule has 119 heavy (non-hydrogen) atoms. The van der Waals surface area contributed by atoms with Crippen molar-refractivity contribution in [1.82, 2.24) is 53.4 Å². The van der Waals surface area contributed by atoms with Crippen molar-refractivity contribution in [2.75, 3.05) is 7.05 Å². The standard InChI is InChI=1S/C56H36N6.C20H12F3N3.C14H7F3N2O.CH4NP.CH2O3.2CH4.2Cs.H/c1-3-19-37(20-4-1)55-57-58-56(60(55)38-21-5-2-6-22-38)54-52(61-48-31-15-9-25-42(48)43-26-10-16-32-49(43)61)35-39(59-46-29-13-7-23-40(46)41-24-8-14-30-47(41)59)36-53(54)62-50-33-17-11-27-44(50)45-28-12-18-34-51(45)62;21-14-11-16(22)18(17(23)12-14)20-25-24-19(13-7-3-1-4-8-13)26(20)15-9-5-2-6-10-15;15-9-6-10(16)12(11(17)7-9)14-19-18-13(20-14)8-4-2-1-3-5-8;1-2-3;2-1-4-3;;;;;/h1-36H;1-12H;1-7H;3H,1H3;1,3H;2*1H4;;;/q;;;;;;;2*+1;-1/p-1. The number of nitrogens with zero attached hydrogens (tertiary/aromatic N) is 12. The van der Waals surface area contributed by atoms with Gasteiger partial charge in [0, 0.05) is 91.7 Å². The van der Waals surface area contributed by atoms with Gasteiger partial charge in [0.2, 0.25) is 5.89 Å². The van der Waals surface area contributed by atoms with E-state index < -0.39 is 46.0 Å². The van der Waals surface area contributed by atoms with Gasteiger partial charge < -0.3 is 29.7 Å². The number of hydrogen-bond acceptors (Lipinski definition) is 11. The largest absolute Gasteiger partial charge is 1.00 e. The number of fused-ring (bicyclic) bond motifs is 9. The van der Waals surface area contributed by atoms with E-state index in [1.54, 1.807) is 66.2 Å². The molecule has 25 heteroatoms. The van der Waals surface area contributed by atoms with E-state index in [0.29, 0.717) is 41.3 Å². The van der Waals surface area contributed by atoms with E-state index in [4.69, 9.17) is 24.7 Å². The van der Waals surface area contributed by atoms with E-state index in [-0.39, 0.29) is 178 Å². The van der Waals surface area contributed by atoms with Gasteiger partial charge in [-0.2, -0.15) is 0 Å². The summed E-state index contributed by atoms with van der Waals surface area (Å²) in [6.07, 6.45) is 0. The fourth-order valence-electron chi connectivity index (χ4n) is 14.5. The number of hydrogen-bond donors (Lipinski definition) is 0. The Bertz CT molecular complexity index is 6620. The molecule has 578 valence electrons. The number of halogens is 6. The quantitative estimate of drug-likeness (QED) is 0.0376. The van der Waals surface area contributed by atoms with Gasteiger partial charge in [0.05, 0.1) is 61.3 Å². The second-order valence-electron chi connectivity index (χ2n) is 25.9. The molecular formula is C94H69Cs2F6N12O4P. The molecule has 0 spiro atoms. The first-order valence-electron chi connectivity index (χ1n) is 35.9. The predicted molar refractivity (Wildman–Crippen MR) is 451 cm³/mol. The van der Waals surface area contributed by atoms with Crippen molar-refractivity contribution >= 4 is 80.9 Å². The molecule has 14 aromatic carbocycles. The Morgan fingerprint density at radius 2 is 0.597 bits per heavy atom. The van der Waals surface area contributed by atoms with Crippen LogP contribution >= 0.6 is 9.03 Å². The summed E-state index contributed by atoms with van der Waals surface area (Å²) in [4.78, 5) is 11.2. The minimum Gasteiger partial charge on any atom is -1.00 e. The summed E-state index contributed by atoms with van der Waals surface area (Å²) in [5.41, 5.74) is 13.6. The first-order valence-corrected chi connectivity index (χ1v) is 36.3. The Balaban J connectivity index is 0.000000200. The predicted octanol–water partition coefficient (Wildman–Crippen LogP) is 17.5. The van der Waals surface area contributed by atoms with E-state index in [2.05, 4.69) is 270 Å². The summed E-state index contributed by atoms with van der Waals surface area (Å²) in [5.74, 6) is -4.57. The van der Waals surface area contributed by atoms with Gasteiger partial charge in [-0.15, -0.1) is 30.6 Å². The third-order valence-electron chi connectivity index (χ3n) is 19.1. The molecule has 20 aromatic rings. The van der Waals surface area contributed by atoms with Crippen molar-refractivity contribution in [3.05, 3.63) is 369 Å². The van der Waals surface area contributed by atoms with Crippen molar-refractivity contribution in [3.8, 4) is 96.9 Å². The van der Waals surface area contributed by atoms with Gasteiger partial charge in [-0.05, 0) is 94.0 Å². The summed E-state index contributed by atoms with van der Waals surface area (Å²) in [7, 11) is 4.47. The maximum Gasteiger partial charge on any atom is 1.00 e. The van der Waals surface area contributed by atoms with Crippen molar-refractivity contribution in [3.63, 3.8) is 0 Å². The number of aromatic nitrogens is 11. The van der Waals surface area contributed by atoms with Crippen LogP contribution in [0.5, 0.6) is 0 Å². The topological polar surface area (TPSA) is 177 Å². The molecule has 16 nitrogen and oxygen atoms in total. The van der Waals surface area contributed by atoms with Crippen LogP contribution in [0.2, 0.25) is 0 Å². The van der Waals surface area contributed by atoms with Crippen LogP contribution < -0.4 is 143 Å². The fourth-order valence-corrected chi connectivity index (χ4v) is 14.5. The zero-order valence-corrected chi connectivity index (χ0v) is 76.2. The minimum atomic E-state index is -1.09. The van der Waals surface area contributed by atoms with Crippen molar-refractivity contribution in [1.29, 1.82) is 0 Å². The smallest absolute Gasteiger partial charge is 1.00 e. The van der Waals surface area contributed by atoms with Crippen LogP contribution in [0, 0.1) is 34.9 Å². The molecule has 6 aromatic heterocycles. The Morgan fingerprint density at radius 3 is 0.924 bits per heavy atom. The molecule has 6 heterocycles. The summed E-state index contributed by atoms with van der Waals surface area (Å²) in [6, 6.07) is 107. The van der Waals surface area contributed by atoms with Gasteiger partial charge >= 0.3 is 138 Å². The van der Waals surface area contributed by atoms with Gasteiger partial charge in [-0.1, -0.05) is 239 Å². The maximum absolute atomic E-state index is 14.3. The average molecular weight is 1840 g/mol.